The molecule has 2 aromatic heterocycles. The number of sulfonamides is 1. The summed E-state index contributed by atoms with van der Waals surface area (Å²) >= 11 is 6.04. The lowest BCUT2D eigenvalue weighted by molar-refractivity contribution is -0.140. The molecule has 2 aliphatic rings. The predicted molar refractivity (Wildman–Crippen MR) is 189 cm³/mol. The van der Waals surface area contributed by atoms with Crippen molar-refractivity contribution in [3.63, 3.8) is 0 Å². The molecule has 1 unspecified atom stereocenters. The van der Waals surface area contributed by atoms with E-state index in [9.17, 15) is 22.8 Å². The number of fused-ring (bicyclic) bond motifs is 1. The Labute approximate surface area is 301 Å². The zero-order valence-corrected chi connectivity index (χ0v) is 29.8. The Kier molecular flexibility index (Phi) is 11.9. The number of carbonyl (C=O) groups is 3. The van der Waals surface area contributed by atoms with Gasteiger partial charge in [0.2, 0.25) is 27.6 Å². The van der Waals surface area contributed by atoms with Crippen molar-refractivity contribution in [3.05, 3.63) is 89.2 Å². The van der Waals surface area contributed by atoms with Crippen LogP contribution >= 0.6 is 11.6 Å². The molecule has 4 aromatic rings. The first-order chi connectivity index (χ1) is 24.5. The molecular weight excluding hydrogens is 698 g/mol. The van der Waals surface area contributed by atoms with E-state index in [1.165, 1.54) is 11.2 Å². The standard InChI is InChI=1S/C36H42ClN5O8S/c1-51(46,47)41-29(13-10-23-14-16-38-17-15-23)36(45)42-21-27(49-22-24-8-11-25(37)12-9-24)20-31(42)34(44)39-30(19-26-5-4-18-48-26)33(43)35-40-28-6-2-3-7-32(28)50-35/h2-9,11-12,18,23,27,29-31,38,41H,10,13-17,19-22H2,1H3,(H,39,44)/t27-,29-,30+,31?/m1/s1. The zero-order valence-electron chi connectivity index (χ0n) is 28.3. The van der Waals surface area contributed by atoms with E-state index >= 15 is 0 Å². The maximum atomic E-state index is 14.3. The highest BCUT2D eigenvalue weighted by atomic mass is 35.5. The molecule has 0 spiro atoms. The number of nitrogens with zero attached hydrogens (tertiary/aromatic N) is 2. The minimum Gasteiger partial charge on any atom is -0.469 e. The summed E-state index contributed by atoms with van der Waals surface area (Å²) in [6.45, 7) is 1.98. The number of furan rings is 1. The number of Topliss-reactive ketones (excluding diaryl/α,β-unsaturated/α-hetero) is 1. The lowest BCUT2D eigenvalue weighted by Crippen LogP contribution is -2.55. The SMILES string of the molecule is CS(=O)(=O)N[C@H](CCC1CCNCC1)C(=O)N1C[C@H](OCc2ccc(Cl)cc2)CC1C(=O)N[C@@H](Cc1ccco1)C(=O)c1nc2ccccc2o1. The Morgan fingerprint density at radius 3 is 2.53 bits per heavy atom. The van der Waals surface area contributed by atoms with E-state index in [4.69, 9.17) is 25.2 Å². The van der Waals surface area contributed by atoms with Crippen LogP contribution in [-0.4, -0.2) is 86.0 Å². The molecule has 0 aliphatic carbocycles. The van der Waals surface area contributed by atoms with Gasteiger partial charge in [-0.1, -0.05) is 35.9 Å². The van der Waals surface area contributed by atoms with Gasteiger partial charge < -0.3 is 29.1 Å². The van der Waals surface area contributed by atoms with Crippen molar-refractivity contribution in [2.45, 2.75) is 69.4 Å². The highest BCUT2D eigenvalue weighted by Gasteiger charge is 2.44. The highest BCUT2D eigenvalue weighted by Crippen LogP contribution is 2.27. The van der Waals surface area contributed by atoms with Gasteiger partial charge in [-0.3, -0.25) is 14.4 Å². The fourth-order valence-corrected chi connectivity index (χ4v) is 7.56. The summed E-state index contributed by atoms with van der Waals surface area (Å²) in [5.74, 6) is -1.08. The summed E-state index contributed by atoms with van der Waals surface area (Å²) in [4.78, 5) is 48.1. The summed E-state index contributed by atoms with van der Waals surface area (Å²) in [5.41, 5.74) is 1.77. The number of aromatic nitrogens is 1. The van der Waals surface area contributed by atoms with E-state index < -0.39 is 51.9 Å². The average Bonchev–Trinajstić information content (AvgIpc) is 3.89. The zero-order chi connectivity index (χ0) is 36.0. The van der Waals surface area contributed by atoms with Crippen LogP contribution in [0.4, 0.5) is 0 Å². The van der Waals surface area contributed by atoms with Crippen molar-refractivity contribution in [3.8, 4) is 0 Å². The van der Waals surface area contributed by atoms with Crippen molar-refractivity contribution < 1.29 is 36.4 Å². The van der Waals surface area contributed by atoms with Crippen LogP contribution in [0.5, 0.6) is 0 Å². The van der Waals surface area contributed by atoms with Crippen LogP contribution in [0.3, 0.4) is 0 Å². The van der Waals surface area contributed by atoms with Crippen molar-refractivity contribution >= 4 is 50.3 Å². The molecule has 13 nitrogen and oxygen atoms in total. The molecule has 272 valence electrons. The molecule has 51 heavy (non-hydrogen) atoms. The number of amides is 2. The predicted octanol–water partition coefficient (Wildman–Crippen LogP) is 3.87. The van der Waals surface area contributed by atoms with Gasteiger partial charge in [0, 0.05) is 24.4 Å². The maximum absolute atomic E-state index is 14.3. The van der Waals surface area contributed by atoms with Crippen molar-refractivity contribution in [2.24, 2.45) is 5.92 Å². The van der Waals surface area contributed by atoms with Gasteiger partial charge in [0.25, 0.3) is 5.89 Å². The number of likely N-dealkylation sites (tertiary alicyclic amines) is 1. The van der Waals surface area contributed by atoms with E-state index in [-0.39, 0.29) is 38.3 Å². The topological polar surface area (TPSA) is 173 Å². The summed E-state index contributed by atoms with van der Waals surface area (Å²) < 4.78 is 44.9. The summed E-state index contributed by atoms with van der Waals surface area (Å²) in [6, 6.07) is 14.2. The first kappa shape index (κ1) is 36.7. The fraction of sp³-hybridized carbons (Fsp3) is 0.444. The van der Waals surface area contributed by atoms with E-state index in [0.29, 0.717) is 34.2 Å². The second kappa shape index (κ2) is 16.5. The number of para-hydroxylation sites is 2. The minimum absolute atomic E-state index is 0.00195. The lowest BCUT2D eigenvalue weighted by Gasteiger charge is -2.30. The van der Waals surface area contributed by atoms with Gasteiger partial charge in [-0.25, -0.2) is 18.1 Å². The molecule has 4 atom stereocenters. The summed E-state index contributed by atoms with van der Waals surface area (Å²) in [5, 5.41) is 6.74. The molecule has 3 N–H and O–H groups in total. The van der Waals surface area contributed by atoms with Crippen molar-refractivity contribution in [1.29, 1.82) is 0 Å². The van der Waals surface area contributed by atoms with Crippen LogP contribution in [0.2, 0.25) is 5.02 Å². The van der Waals surface area contributed by atoms with Gasteiger partial charge in [0.1, 0.15) is 29.4 Å². The highest BCUT2D eigenvalue weighted by molar-refractivity contribution is 7.88. The van der Waals surface area contributed by atoms with E-state index in [0.717, 1.165) is 37.8 Å². The van der Waals surface area contributed by atoms with Crippen LogP contribution in [0, 0.1) is 5.92 Å². The molecule has 15 heteroatoms. The number of piperidine rings is 1. The van der Waals surface area contributed by atoms with Crippen LogP contribution < -0.4 is 15.4 Å². The first-order valence-corrected chi connectivity index (χ1v) is 19.4. The normalized spacial score (nSPS) is 19.6. The molecule has 0 saturated carbocycles. The van der Waals surface area contributed by atoms with E-state index in [1.54, 1.807) is 48.5 Å². The number of ketones is 1. The van der Waals surface area contributed by atoms with Crippen LogP contribution in [0.15, 0.2) is 75.8 Å². The van der Waals surface area contributed by atoms with Crippen LogP contribution in [-0.2, 0) is 37.4 Å². The second-order valence-electron chi connectivity index (χ2n) is 13.2. The summed E-state index contributed by atoms with van der Waals surface area (Å²) in [7, 11) is -3.78. The number of hydrogen-bond acceptors (Lipinski definition) is 10. The van der Waals surface area contributed by atoms with E-state index in [2.05, 4.69) is 20.3 Å². The molecular formula is C36H42ClN5O8S. The number of halogens is 1. The van der Waals surface area contributed by atoms with Gasteiger partial charge in [-0.05, 0) is 86.7 Å². The lowest BCUT2D eigenvalue weighted by atomic mass is 9.91. The molecule has 0 bridgehead atoms. The van der Waals surface area contributed by atoms with Crippen molar-refractivity contribution in [2.75, 3.05) is 25.9 Å². The van der Waals surface area contributed by atoms with Gasteiger partial charge in [0.15, 0.2) is 5.58 Å². The molecule has 2 fully saturated rings. The van der Waals surface area contributed by atoms with Crippen LogP contribution in [0.1, 0.15) is 54.1 Å². The Balaban J connectivity index is 1.24. The van der Waals surface area contributed by atoms with Gasteiger partial charge in [0.05, 0.1) is 25.2 Å². The summed E-state index contributed by atoms with van der Waals surface area (Å²) in [6.07, 6.45) is 4.83. The molecule has 6 rings (SSSR count). The molecule has 2 amide bonds. The molecule has 0 radical (unpaired) electrons. The monoisotopic (exact) mass is 739 g/mol. The Morgan fingerprint density at radius 1 is 1.06 bits per heavy atom. The first-order valence-electron chi connectivity index (χ1n) is 17.1. The van der Waals surface area contributed by atoms with Gasteiger partial charge >= 0.3 is 0 Å². The smallest absolute Gasteiger partial charge is 0.266 e. The number of nitrogens with one attached hydrogen (secondary N) is 3. The molecule has 4 heterocycles. The minimum atomic E-state index is -3.78. The van der Waals surface area contributed by atoms with Gasteiger partial charge in [-0.2, -0.15) is 0 Å². The fourth-order valence-electron chi connectivity index (χ4n) is 6.70. The Hall–Kier alpha value is -4.08. The maximum Gasteiger partial charge on any atom is 0.266 e. The number of benzene rings is 2. The van der Waals surface area contributed by atoms with Gasteiger partial charge in [-0.15, -0.1) is 0 Å². The molecule has 2 saturated heterocycles. The number of carbonyl (C=O) groups excluding carboxylic acids is 3. The Bertz CT molecular complexity index is 1880. The molecule has 2 aromatic carbocycles. The number of hydrogen-bond donors (Lipinski definition) is 3. The third kappa shape index (κ3) is 9.83. The second-order valence-corrected chi connectivity index (χ2v) is 15.4. The average molecular weight is 740 g/mol. The number of rotatable bonds is 15. The number of oxazole rings is 1. The quantitative estimate of drug-likeness (QED) is 0.152. The third-order valence-electron chi connectivity index (χ3n) is 9.35. The Morgan fingerprint density at radius 2 is 1.82 bits per heavy atom. The van der Waals surface area contributed by atoms with E-state index in [1.807, 2.05) is 12.1 Å². The van der Waals surface area contributed by atoms with Crippen molar-refractivity contribution in [1.82, 2.24) is 25.2 Å². The largest absolute Gasteiger partial charge is 0.469 e. The third-order valence-corrected chi connectivity index (χ3v) is 10.3. The number of ether oxygens (including phenoxy) is 1. The van der Waals surface area contributed by atoms with Crippen LogP contribution in [0.25, 0.3) is 11.1 Å². The molecule has 2 aliphatic heterocycles.